The molecule has 0 saturated carbocycles. The van der Waals surface area contributed by atoms with Gasteiger partial charge in [-0.05, 0) is 36.5 Å². The molecule has 2 aliphatic heterocycles. The maximum absolute atomic E-state index is 3.49. The Morgan fingerprint density at radius 1 is 0.926 bits per heavy atom. The fourth-order valence-corrected chi connectivity index (χ4v) is 4.68. The lowest BCUT2D eigenvalue weighted by molar-refractivity contribution is -0.423. The van der Waals surface area contributed by atoms with E-state index in [2.05, 4.69) is 82.8 Å². The maximum Gasteiger partial charge on any atom is 0.208 e. The molecule has 2 heterocycles. The summed E-state index contributed by atoms with van der Waals surface area (Å²) >= 11 is 0. The van der Waals surface area contributed by atoms with Crippen molar-refractivity contribution in [3.8, 4) is 0 Å². The van der Waals surface area contributed by atoms with E-state index in [1.807, 2.05) is 0 Å². The molecule has 0 radical (unpaired) electrons. The molecule has 0 bridgehead atoms. The lowest BCUT2D eigenvalue weighted by Gasteiger charge is -2.16. The van der Waals surface area contributed by atoms with E-state index < -0.39 is 0 Å². The van der Waals surface area contributed by atoms with Crippen LogP contribution in [0, 0.1) is 0 Å². The Kier molecular flexibility index (Phi) is 4.08. The zero-order valence-corrected chi connectivity index (χ0v) is 15.9. The number of hydrogen-bond acceptors (Lipinski definition) is 2. The van der Waals surface area contributed by atoms with Gasteiger partial charge in [0.25, 0.3) is 0 Å². The average molecular weight is 356 g/mol. The van der Waals surface area contributed by atoms with Gasteiger partial charge in [-0.1, -0.05) is 36.4 Å². The van der Waals surface area contributed by atoms with Crippen LogP contribution < -0.4 is 10.2 Å². The predicted molar refractivity (Wildman–Crippen MR) is 112 cm³/mol. The van der Waals surface area contributed by atoms with Gasteiger partial charge in [-0.2, -0.15) is 4.58 Å². The molecule has 3 aliphatic rings. The summed E-state index contributed by atoms with van der Waals surface area (Å²) in [6, 6.07) is 17.6. The van der Waals surface area contributed by atoms with Crippen molar-refractivity contribution in [2.45, 2.75) is 25.7 Å². The van der Waals surface area contributed by atoms with Crippen LogP contribution in [0.5, 0.6) is 0 Å². The lowest BCUT2D eigenvalue weighted by atomic mass is 10.2. The highest BCUT2D eigenvalue weighted by Crippen LogP contribution is 2.34. The first kappa shape index (κ1) is 16.4. The van der Waals surface area contributed by atoms with E-state index in [1.165, 1.54) is 39.3 Å². The van der Waals surface area contributed by atoms with Crippen LogP contribution in [0.1, 0.15) is 24.0 Å². The molecular formula is C24H26N3+. The molecular weight excluding hydrogens is 330 g/mol. The Morgan fingerprint density at radius 3 is 2.63 bits per heavy atom. The van der Waals surface area contributed by atoms with Crippen LogP contribution in [-0.2, 0) is 12.8 Å². The molecule has 5 rings (SSSR count). The van der Waals surface area contributed by atoms with Crippen LogP contribution in [0.4, 0.5) is 11.4 Å². The van der Waals surface area contributed by atoms with E-state index in [-0.39, 0.29) is 0 Å². The summed E-state index contributed by atoms with van der Waals surface area (Å²) in [5.74, 6) is 0. The molecule has 0 saturated heterocycles. The van der Waals surface area contributed by atoms with Crippen molar-refractivity contribution < 1.29 is 4.58 Å². The number of hydrogen-bond donors (Lipinski definition) is 1. The fraction of sp³-hybridized carbons (Fsp3) is 0.292. The van der Waals surface area contributed by atoms with E-state index in [0.717, 1.165) is 38.8 Å². The normalized spacial score (nSPS) is 21.3. The number of likely N-dealkylation sites (N-methyl/N-ethyl adjacent to an activating group) is 1. The van der Waals surface area contributed by atoms with Crippen LogP contribution in [0.15, 0.2) is 71.6 Å². The van der Waals surface area contributed by atoms with E-state index in [4.69, 9.17) is 0 Å². The summed E-state index contributed by atoms with van der Waals surface area (Å²) in [7, 11) is 2.05. The number of anilines is 1. The molecule has 1 N–H and O–H groups in total. The highest BCUT2D eigenvalue weighted by Gasteiger charge is 2.27. The molecule has 0 spiro atoms. The second-order valence-corrected chi connectivity index (χ2v) is 7.58. The molecule has 1 aliphatic carbocycles. The lowest BCUT2D eigenvalue weighted by Crippen LogP contribution is -2.16. The number of allylic oxidation sites excluding steroid dienone is 2. The van der Waals surface area contributed by atoms with Gasteiger partial charge in [0.1, 0.15) is 0 Å². The van der Waals surface area contributed by atoms with Crippen LogP contribution in [0.3, 0.4) is 0 Å². The monoisotopic (exact) mass is 356 g/mol. The third-order valence-electron chi connectivity index (χ3n) is 6.03. The van der Waals surface area contributed by atoms with Crippen molar-refractivity contribution in [1.29, 1.82) is 0 Å². The van der Waals surface area contributed by atoms with Crippen molar-refractivity contribution in [3.05, 3.63) is 82.7 Å². The molecule has 2 aromatic rings. The van der Waals surface area contributed by atoms with E-state index in [9.17, 15) is 0 Å². The quantitative estimate of drug-likeness (QED) is 0.832. The summed E-state index contributed by atoms with van der Waals surface area (Å²) < 4.78 is 2.43. The number of fused-ring (bicyclic) bond motifs is 2. The molecule has 0 amide bonds. The van der Waals surface area contributed by atoms with Gasteiger partial charge in [0, 0.05) is 54.8 Å². The van der Waals surface area contributed by atoms with E-state index in [0.29, 0.717) is 0 Å². The van der Waals surface area contributed by atoms with Gasteiger partial charge in [0.05, 0.1) is 0 Å². The highest BCUT2D eigenvalue weighted by atomic mass is 15.1. The average Bonchev–Trinajstić information content (AvgIpc) is 3.41. The van der Waals surface area contributed by atoms with Crippen molar-refractivity contribution in [2.75, 3.05) is 25.0 Å². The fourth-order valence-electron chi connectivity index (χ4n) is 4.68. The summed E-state index contributed by atoms with van der Waals surface area (Å²) in [6.45, 7) is 2.16. The van der Waals surface area contributed by atoms with Gasteiger partial charge < -0.3 is 10.2 Å². The van der Waals surface area contributed by atoms with Crippen LogP contribution in [0.25, 0.3) is 0 Å². The summed E-state index contributed by atoms with van der Waals surface area (Å²) in [6.07, 6.45) is 9.24. The second-order valence-electron chi connectivity index (χ2n) is 7.58. The molecule has 2 aromatic carbocycles. The third kappa shape index (κ3) is 2.87. The minimum absolute atomic E-state index is 1.08. The number of nitrogens with one attached hydrogen (secondary N) is 1. The minimum atomic E-state index is 1.08. The first-order valence-corrected chi connectivity index (χ1v) is 9.99. The predicted octanol–water partition coefficient (Wildman–Crippen LogP) is 4.17. The smallest absolute Gasteiger partial charge is 0.208 e. The van der Waals surface area contributed by atoms with Crippen LogP contribution in [0.2, 0.25) is 0 Å². The Bertz CT molecular complexity index is 981. The van der Waals surface area contributed by atoms with Gasteiger partial charge in [-0.3, -0.25) is 0 Å². The van der Waals surface area contributed by atoms with Crippen LogP contribution in [-0.4, -0.2) is 30.9 Å². The molecule has 3 heteroatoms. The first-order chi connectivity index (χ1) is 13.3. The number of benzene rings is 2. The molecule has 0 unspecified atom stereocenters. The van der Waals surface area contributed by atoms with Gasteiger partial charge in [0.15, 0.2) is 12.8 Å². The van der Waals surface area contributed by atoms with Gasteiger partial charge in [0.2, 0.25) is 5.69 Å². The van der Waals surface area contributed by atoms with Gasteiger partial charge in [-0.25, -0.2) is 0 Å². The van der Waals surface area contributed by atoms with Crippen molar-refractivity contribution >= 4 is 17.6 Å². The molecule has 0 fully saturated rings. The zero-order valence-electron chi connectivity index (χ0n) is 15.9. The summed E-state index contributed by atoms with van der Waals surface area (Å²) in [5.41, 5.74) is 9.81. The minimum Gasteiger partial charge on any atom is -0.387 e. The Balaban J connectivity index is 1.47. The second kappa shape index (κ2) is 6.73. The molecule has 0 atom stereocenters. The van der Waals surface area contributed by atoms with E-state index >= 15 is 0 Å². The summed E-state index contributed by atoms with van der Waals surface area (Å²) in [5, 5.41) is 3.49. The van der Waals surface area contributed by atoms with E-state index in [1.54, 1.807) is 0 Å². The number of rotatable bonds is 3. The van der Waals surface area contributed by atoms with Gasteiger partial charge in [-0.15, -0.1) is 0 Å². The largest absolute Gasteiger partial charge is 0.387 e. The molecule has 0 aromatic heterocycles. The number of para-hydroxylation sites is 2. The Hall–Kier alpha value is -2.81. The van der Waals surface area contributed by atoms with Crippen molar-refractivity contribution in [2.24, 2.45) is 0 Å². The van der Waals surface area contributed by atoms with Gasteiger partial charge >= 0.3 is 0 Å². The molecule has 27 heavy (non-hydrogen) atoms. The molecule has 3 nitrogen and oxygen atoms in total. The highest BCUT2D eigenvalue weighted by molar-refractivity contribution is 5.80. The Labute approximate surface area is 161 Å². The molecule has 136 valence electrons. The topological polar surface area (TPSA) is 18.3 Å². The first-order valence-electron chi connectivity index (χ1n) is 9.99. The van der Waals surface area contributed by atoms with Crippen LogP contribution >= 0.6 is 0 Å². The van der Waals surface area contributed by atoms with Crippen molar-refractivity contribution in [3.63, 3.8) is 0 Å². The number of nitrogens with zero attached hydrogens (tertiary/aromatic N) is 2. The van der Waals surface area contributed by atoms with Crippen molar-refractivity contribution in [1.82, 2.24) is 5.32 Å². The third-order valence-corrected chi connectivity index (χ3v) is 6.03. The zero-order chi connectivity index (χ0) is 18.2. The summed E-state index contributed by atoms with van der Waals surface area (Å²) in [4.78, 5) is 2.43. The Morgan fingerprint density at radius 2 is 1.74 bits per heavy atom. The maximum atomic E-state index is 3.49. The standard InChI is InChI=1S/C24H25N3/c1-25-24-20(16-26-14-12-18-6-2-4-8-22(18)26)10-11-21(24)17-27-15-13-19-7-3-5-9-23(19)27/h2-9,16-17H,10-15H2,1H3/p+1. The SMILES string of the molecule is CNC1=C(C=[N+]2CCc3ccccc32)CCC1=CN1CCc2ccccc21.